The molecule has 0 spiro atoms. The molecule has 1 amide bonds. The Labute approximate surface area is 176 Å². The molecule has 0 unspecified atom stereocenters. The number of nitrogens with zero attached hydrogens (tertiary/aromatic N) is 6. The average molecular weight is 451 g/mol. The Morgan fingerprint density at radius 3 is 2.79 bits per heavy atom. The van der Waals surface area contributed by atoms with Gasteiger partial charge in [-0.05, 0) is 56.2 Å². The molecule has 1 atom stereocenters. The second kappa shape index (κ2) is 7.11. The zero-order valence-electron chi connectivity index (χ0n) is 15.9. The largest absolute Gasteiger partial charge is 0.328 e. The van der Waals surface area contributed by atoms with Crippen LogP contribution in [0.25, 0.3) is 11.3 Å². The number of carbonyl (C=O) groups is 1. The van der Waals surface area contributed by atoms with Crippen LogP contribution < -0.4 is 0 Å². The van der Waals surface area contributed by atoms with Crippen molar-refractivity contribution < 1.29 is 4.79 Å². The van der Waals surface area contributed by atoms with Gasteiger partial charge in [-0.15, -0.1) is 10.2 Å². The number of hydrogen-bond acceptors (Lipinski definition) is 4. The van der Waals surface area contributed by atoms with Gasteiger partial charge in [-0.1, -0.05) is 22.0 Å². The zero-order valence-corrected chi connectivity index (χ0v) is 17.5. The summed E-state index contributed by atoms with van der Waals surface area (Å²) in [4.78, 5) is 15.3. The molecule has 5 rings (SSSR count). The normalized spacial score (nSPS) is 16.6. The van der Waals surface area contributed by atoms with E-state index in [1.807, 2.05) is 64.9 Å². The number of pyridine rings is 1. The minimum absolute atomic E-state index is 0.0129. The second-order valence-corrected chi connectivity index (χ2v) is 8.09. The van der Waals surface area contributed by atoms with E-state index in [1.54, 1.807) is 10.9 Å². The van der Waals surface area contributed by atoms with Crippen molar-refractivity contribution in [3.05, 3.63) is 76.4 Å². The van der Waals surface area contributed by atoms with Gasteiger partial charge in [0.05, 0.1) is 29.2 Å². The molecule has 0 bridgehead atoms. The lowest BCUT2D eigenvalue weighted by Crippen LogP contribution is -2.31. The van der Waals surface area contributed by atoms with Crippen molar-refractivity contribution in [2.24, 2.45) is 0 Å². The molecule has 0 N–H and O–H groups in total. The van der Waals surface area contributed by atoms with Gasteiger partial charge in [0.2, 0.25) is 0 Å². The minimum atomic E-state index is -0.0877. The molecule has 0 aliphatic carbocycles. The fraction of sp³-hybridized carbons (Fsp3) is 0.238. The molecule has 1 aliphatic heterocycles. The second-order valence-electron chi connectivity index (χ2n) is 7.18. The Morgan fingerprint density at radius 1 is 1.14 bits per heavy atom. The highest BCUT2D eigenvalue weighted by Gasteiger charge is 2.35. The summed E-state index contributed by atoms with van der Waals surface area (Å²) in [5, 5.41) is 13.1. The van der Waals surface area contributed by atoms with Gasteiger partial charge in [-0.25, -0.2) is 4.68 Å². The number of rotatable bonds is 3. The smallest absolute Gasteiger partial charge is 0.257 e. The predicted octanol–water partition coefficient (Wildman–Crippen LogP) is 3.96. The fourth-order valence-corrected chi connectivity index (χ4v) is 4.25. The molecule has 4 aromatic rings. The van der Waals surface area contributed by atoms with Crippen molar-refractivity contribution in [2.45, 2.75) is 25.8 Å². The summed E-state index contributed by atoms with van der Waals surface area (Å²) in [7, 11) is 0. The topological polar surface area (TPSA) is 68.3 Å². The number of amides is 1. The summed E-state index contributed by atoms with van der Waals surface area (Å²) in [6.07, 6.45) is 5.43. The highest BCUT2D eigenvalue weighted by atomic mass is 79.9. The van der Waals surface area contributed by atoms with E-state index < -0.39 is 0 Å². The molecule has 4 heterocycles. The lowest BCUT2D eigenvalue weighted by molar-refractivity contribution is 0.0728. The number of halogens is 1. The number of likely N-dealkylation sites (tertiary alicyclic amines) is 1. The summed E-state index contributed by atoms with van der Waals surface area (Å²) >= 11 is 3.45. The third-order valence-corrected chi connectivity index (χ3v) is 5.99. The number of benzene rings is 1. The standard InChI is InChI=1S/C21H19BrN6O/c1-14-17(13-23-28(14)16-9-7-15(22)8-10-16)21(29)26-12-4-5-18(26)20-25-24-19-6-2-3-11-27(19)20/h2-3,6-11,13,18H,4-5,12H2,1H3/t18-/m1/s1. The van der Waals surface area contributed by atoms with E-state index in [2.05, 4.69) is 31.2 Å². The van der Waals surface area contributed by atoms with Gasteiger partial charge in [0.25, 0.3) is 5.91 Å². The van der Waals surface area contributed by atoms with Crippen LogP contribution in [0.4, 0.5) is 0 Å². The Morgan fingerprint density at radius 2 is 1.97 bits per heavy atom. The summed E-state index contributed by atoms with van der Waals surface area (Å²) in [6, 6.07) is 13.6. The van der Waals surface area contributed by atoms with E-state index in [0.29, 0.717) is 12.1 Å². The molecule has 0 radical (unpaired) electrons. The molecule has 1 aromatic carbocycles. The number of carbonyl (C=O) groups excluding carboxylic acids is 1. The van der Waals surface area contributed by atoms with E-state index in [1.165, 1.54) is 0 Å². The van der Waals surface area contributed by atoms with Crippen LogP contribution in [0, 0.1) is 6.92 Å². The first-order valence-electron chi connectivity index (χ1n) is 9.54. The molecule has 146 valence electrons. The zero-order chi connectivity index (χ0) is 20.0. The van der Waals surface area contributed by atoms with Crippen molar-refractivity contribution in [3.63, 3.8) is 0 Å². The maximum Gasteiger partial charge on any atom is 0.257 e. The molecule has 1 saturated heterocycles. The van der Waals surface area contributed by atoms with E-state index in [-0.39, 0.29) is 11.9 Å². The van der Waals surface area contributed by atoms with Crippen LogP contribution in [0.1, 0.15) is 40.8 Å². The fourth-order valence-electron chi connectivity index (χ4n) is 3.98. The summed E-state index contributed by atoms with van der Waals surface area (Å²) in [6.45, 7) is 2.63. The Bertz CT molecular complexity index is 1200. The lowest BCUT2D eigenvalue weighted by Gasteiger charge is -2.23. The van der Waals surface area contributed by atoms with Crippen molar-refractivity contribution in [3.8, 4) is 5.69 Å². The van der Waals surface area contributed by atoms with E-state index >= 15 is 0 Å². The third-order valence-electron chi connectivity index (χ3n) is 5.46. The quantitative estimate of drug-likeness (QED) is 0.473. The molecule has 1 fully saturated rings. The maximum absolute atomic E-state index is 13.4. The number of aromatic nitrogens is 5. The maximum atomic E-state index is 13.4. The van der Waals surface area contributed by atoms with Gasteiger partial charge in [0.15, 0.2) is 11.5 Å². The Kier molecular flexibility index (Phi) is 4.43. The molecular formula is C21H19BrN6O. The van der Waals surface area contributed by atoms with E-state index in [9.17, 15) is 4.79 Å². The first kappa shape index (κ1) is 18.1. The molecule has 0 saturated carbocycles. The first-order valence-corrected chi connectivity index (χ1v) is 10.3. The highest BCUT2D eigenvalue weighted by molar-refractivity contribution is 9.10. The summed E-state index contributed by atoms with van der Waals surface area (Å²) in [5.41, 5.74) is 3.16. The van der Waals surface area contributed by atoms with Crippen LogP contribution in [-0.2, 0) is 0 Å². The van der Waals surface area contributed by atoms with Gasteiger partial charge in [0, 0.05) is 17.2 Å². The first-order chi connectivity index (χ1) is 14.1. The molecular weight excluding hydrogens is 432 g/mol. The third kappa shape index (κ3) is 3.04. The van der Waals surface area contributed by atoms with Crippen LogP contribution in [0.15, 0.2) is 59.3 Å². The van der Waals surface area contributed by atoms with Crippen LogP contribution in [0.3, 0.4) is 0 Å². The van der Waals surface area contributed by atoms with Crippen LogP contribution in [-0.4, -0.2) is 41.7 Å². The Balaban J connectivity index is 1.48. The monoisotopic (exact) mass is 450 g/mol. The lowest BCUT2D eigenvalue weighted by atomic mass is 10.1. The summed E-state index contributed by atoms with van der Waals surface area (Å²) in [5.74, 6) is 0.797. The van der Waals surface area contributed by atoms with Gasteiger partial charge >= 0.3 is 0 Å². The molecule has 3 aromatic heterocycles. The predicted molar refractivity (Wildman–Crippen MR) is 112 cm³/mol. The number of fused-ring (bicyclic) bond motifs is 1. The average Bonchev–Trinajstić information content (AvgIpc) is 3.46. The van der Waals surface area contributed by atoms with E-state index in [0.717, 1.165) is 40.2 Å². The Hall–Kier alpha value is -3.00. The van der Waals surface area contributed by atoms with Gasteiger partial charge in [-0.3, -0.25) is 9.20 Å². The van der Waals surface area contributed by atoms with Gasteiger partial charge < -0.3 is 4.90 Å². The minimum Gasteiger partial charge on any atom is -0.328 e. The molecule has 8 heteroatoms. The van der Waals surface area contributed by atoms with Crippen LogP contribution in [0.2, 0.25) is 0 Å². The molecule has 1 aliphatic rings. The van der Waals surface area contributed by atoms with Crippen LogP contribution >= 0.6 is 15.9 Å². The number of hydrogen-bond donors (Lipinski definition) is 0. The van der Waals surface area contributed by atoms with Crippen molar-refractivity contribution >= 4 is 27.5 Å². The SMILES string of the molecule is Cc1c(C(=O)N2CCC[C@@H]2c2nnc3ccccn23)cnn1-c1ccc(Br)cc1. The van der Waals surface area contributed by atoms with E-state index in [4.69, 9.17) is 0 Å². The van der Waals surface area contributed by atoms with Crippen molar-refractivity contribution in [1.82, 2.24) is 29.3 Å². The van der Waals surface area contributed by atoms with Crippen molar-refractivity contribution in [2.75, 3.05) is 6.54 Å². The van der Waals surface area contributed by atoms with Gasteiger partial charge in [-0.2, -0.15) is 5.10 Å². The summed E-state index contributed by atoms with van der Waals surface area (Å²) < 4.78 is 4.77. The van der Waals surface area contributed by atoms with Crippen molar-refractivity contribution in [1.29, 1.82) is 0 Å². The molecule has 29 heavy (non-hydrogen) atoms. The molecule has 7 nitrogen and oxygen atoms in total. The van der Waals surface area contributed by atoms with Crippen LogP contribution in [0.5, 0.6) is 0 Å². The highest BCUT2D eigenvalue weighted by Crippen LogP contribution is 2.33. The van der Waals surface area contributed by atoms with Gasteiger partial charge in [0.1, 0.15) is 0 Å².